The third kappa shape index (κ3) is 6.43. The molecule has 0 saturated carbocycles. The second-order valence-corrected chi connectivity index (χ2v) is 8.38. The molecular formula is C19H37N5O2. The quantitative estimate of drug-likeness (QED) is 0.484. The summed E-state index contributed by atoms with van der Waals surface area (Å²) in [6.45, 7) is 13.7. The third-order valence-corrected chi connectivity index (χ3v) is 5.02. The maximum Gasteiger partial charge on any atom is 0.242 e. The van der Waals surface area contributed by atoms with Crippen LogP contribution in [0.4, 0.5) is 0 Å². The number of guanidine groups is 1. The van der Waals surface area contributed by atoms with E-state index < -0.39 is 0 Å². The lowest BCUT2D eigenvalue weighted by molar-refractivity contribution is -0.121. The molecule has 3 N–H and O–H groups in total. The molecule has 0 unspecified atom stereocenters. The van der Waals surface area contributed by atoms with Gasteiger partial charge in [-0.2, -0.15) is 0 Å². The van der Waals surface area contributed by atoms with E-state index in [0.29, 0.717) is 5.96 Å². The Kier molecular flexibility index (Phi) is 7.70. The molecule has 2 rings (SSSR count). The van der Waals surface area contributed by atoms with Crippen molar-refractivity contribution in [3.8, 4) is 0 Å². The van der Waals surface area contributed by atoms with Crippen LogP contribution in [-0.4, -0.2) is 73.8 Å². The molecule has 0 aromatic carbocycles. The van der Waals surface area contributed by atoms with Crippen LogP contribution in [0.2, 0.25) is 0 Å². The lowest BCUT2D eigenvalue weighted by Crippen LogP contribution is -2.58. The molecule has 7 heteroatoms. The van der Waals surface area contributed by atoms with Gasteiger partial charge in [-0.25, -0.2) is 4.99 Å². The highest BCUT2D eigenvalue weighted by Crippen LogP contribution is 2.30. The van der Waals surface area contributed by atoms with Crippen molar-refractivity contribution in [3.63, 3.8) is 0 Å². The first kappa shape index (κ1) is 21.0. The van der Waals surface area contributed by atoms with Crippen molar-refractivity contribution >= 4 is 11.9 Å². The molecular weight excluding hydrogens is 330 g/mol. The second-order valence-electron chi connectivity index (χ2n) is 8.38. The topological polar surface area (TPSA) is 78.0 Å². The van der Waals surface area contributed by atoms with Crippen molar-refractivity contribution in [2.75, 3.05) is 45.9 Å². The first-order valence-corrected chi connectivity index (χ1v) is 10.0. The van der Waals surface area contributed by atoms with Crippen LogP contribution in [0, 0.1) is 0 Å². The Morgan fingerprint density at radius 3 is 2.38 bits per heavy atom. The summed E-state index contributed by atoms with van der Waals surface area (Å²) in [5, 5.41) is 9.69. The van der Waals surface area contributed by atoms with Crippen LogP contribution in [0.5, 0.6) is 0 Å². The summed E-state index contributed by atoms with van der Waals surface area (Å²) in [6, 6.07) is 0. The lowest BCUT2D eigenvalue weighted by atomic mass is 9.88. The summed E-state index contributed by atoms with van der Waals surface area (Å²) in [6.07, 6.45) is 4.65. The number of hydrogen-bond acceptors (Lipinski definition) is 4. The molecule has 0 aliphatic carbocycles. The summed E-state index contributed by atoms with van der Waals surface area (Å²) in [5.41, 5.74) is -0.0983. The molecule has 2 aliphatic rings. The highest BCUT2D eigenvalue weighted by molar-refractivity contribution is 5.85. The van der Waals surface area contributed by atoms with Gasteiger partial charge in [-0.3, -0.25) is 9.69 Å². The lowest BCUT2D eigenvalue weighted by Gasteiger charge is -2.45. The van der Waals surface area contributed by atoms with Crippen molar-refractivity contribution in [3.05, 3.63) is 0 Å². The summed E-state index contributed by atoms with van der Waals surface area (Å²) < 4.78 is 5.61. The summed E-state index contributed by atoms with van der Waals surface area (Å²) >= 11 is 0. The Morgan fingerprint density at radius 2 is 1.81 bits per heavy atom. The fraction of sp³-hybridized carbons (Fsp3) is 0.895. The van der Waals surface area contributed by atoms with Gasteiger partial charge in [0.25, 0.3) is 0 Å². The summed E-state index contributed by atoms with van der Waals surface area (Å²) in [5.74, 6) is 0.650. The molecule has 0 radical (unpaired) electrons. The number of carbonyl (C=O) groups excluding carboxylic acids is 1. The van der Waals surface area contributed by atoms with Gasteiger partial charge in [0.05, 0.1) is 0 Å². The molecule has 0 atom stereocenters. The minimum Gasteiger partial charge on any atom is -0.381 e. The van der Waals surface area contributed by atoms with Gasteiger partial charge in [0, 0.05) is 37.4 Å². The molecule has 150 valence electrons. The number of likely N-dealkylation sites (tertiary alicyclic amines) is 1. The standard InChI is InChI=1S/C19H37N5O2/c1-5-20-17(21-14-16(25)23-18(2,3)4)22-15-19(8-12-26-13-9-19)24-10-6-7-11-24/h5-15H2,1-4H3,(H,23,25)(H2,20,21,22). The molecule has 2 fully saturated rings. The highest BCUT2D eigenvalue weighted by Gasteiger charge is 2.39. The zero-order valence-corrected chi connectivity index (χ0v) is 17.0. The van der Waals surface area contributed by atoms with Gasteiger partial charge in [-0.1, -0.05) is 0 Å². The molecule has 0 aromatic heterocycles. The van der Waals surface area contributed by atoms with Crippen LogP contribution in [0.15, 0.2) is 4.99 Å². The van der Waals surface area contributed by atoms with E-state index in [1.54, 1.807) is 0 Å². The zero-order chi connectivity index (χ0) is 19.0. The molecule has 1 amide bonds. The predicted molar refractivity (Wildman–Crippen MR) is 105 cm³/mol. The average molecular weight is 368 g/mol. The molecule has 0 bridgehead atoms. The van der Waals surface area contributed by atoms with Gasteiger partial charge in [-0.05, 0) is 66.5 Å². The molecule has 7 nitrogen and oxygen atoms in total. The Labute approximate surface area is 158 Å². The molecule has 2 saturated heterocycles. The van der Waals surface area contributed by atoms with E-state index in [1.165, 1.54) is 25.9 Å². The van der Waals surface area contributed by atoms with Gasteiger partial charge in [0.1, 0.15) is 6.54 Å². The second kappa shape index (κ2) is 9.55. The van der Waals surface area contributed by atoms with E-state index in [0.717, 1.165) is 39.1 Å². The fourth-order valence-electron chi connectivity index (χ4n) is 3.75. The molecule has 2 heterocycles. The van der Waals surface area contributed by atoms with Crippen LogP contribution in [0.25, 0.3) is 0 Å². The van der Waals surface area contributed by atoms with E-state index in [2.05, 4.69) is 25.8 Å². The Bertz CT molecular complexity index is 475. The Hall–Kier alpha value is -1.34. The van der Waals surface area contributed by atoms with E-state index in [4.69, 9.17) is 4.74 Å². The van der Waals surface area contributed by atoms with E-state index in [-0.39, 0.29) is 23.5 Å². The normalized spacial score (nSPS) is 21.5. The SMILES string of the molecule is CCNC(=NCC(=O)NC(C)(C)C)NCC1(N2CCCC2)CCOCC1. The van der Waals surface area contributed by atoms with E-state index in [9.17, 15) is 4.79 Å². The number of rotatable bonds is 6. The van der Waals surface area contributed by atoms with Crippen molar-refractivity contribution < 1.29 is 9.53 Å². The first-order valence-electron chi connectivity index (χ1n) is 10.0. The number of aliphatic imine (C=N–C) groups is 1. The molecule has 0 aromatic rings. The predicted octanol–water partition coefficient (Wildman–Crippen LogP) is 1.10. The third-order valence-electron chi connectivity index (χ3n) is 5.02. The van der Waals surface area contributed by atoms with Crippen LogP contribution in [0.3, 0.4) is 0 Å². The average Bonchev–Trinajstić information content (AvgIpc) is 3.12. The minimum atomic E-state index is -0.236. The zero-order valence-electron chi connectivity index (χ0n) is 17.0. The number of nitrogens with one attached hydrogen (secondary N) is 3. The molecule has 26 heavy (non-hydrogen) atoms. The largest absolute Gasteiger partial charge is 0.381 e. The minimum absolute atomic E-state index is 0.0602. The van der Waals surface area contributed by atoms with Crippen molar-refractivity contribution in [2.45, 2.75) is 64.5 Å². The van der Waals surface area contributed by atoms with Crippen LogP contribution in [0.1, 0.15) is 53.4 Å². The fourth-order valence-corrected chi connectivity index (χ4v) is 3.75. The summed E-state index contributed by atoms with van der Waals surface area (Å²) in [7, 11) is 0. The van der Waals surface area contributed by atoms with Gasteiger partial charge < -0.3 is 20.7 Å². The molecule has 0 spiro atoms. The van der Waals surface area contributed by atoms with Crippen molar-refractivity contribution in [1.82, 2.24) is 20.9 Å². The van der Waals surface area contributed by atoms with Crippen LogP contribution >= 0.6 is 0 Å². The number of carbonyl (C=O) groups is 1. The van der Waals surface area contributed by atoms with E-state index in [1.807, 2.05) is 27.7 Å². The van der Waals surface area contributed by atoms with Gasteiger partial charge in [0.2, 0.25) is 5.91 Å². The number of amides is 1. The monoisotopic (exact) mass is 367 g/mol. The first-order chi connectivity index (χ1) is 12.3. The number of ether oxygens (including phenoxy) is 1. The molecule has 2 aliphatic heterocycles. The van der Waals surface area contributed by atoms with Crippen molar-refractivity contribution in [2.24, 2.45) is 4.99 Å². The van der Waals surface area contributed by atoms with E-state index >= 15 is 0 Å². The van der Waals surface area contributed by atoms with Crippen LogP contribution < -0.4 is 16.0 Å². The van der Waals surface area contributed by atoms with Gasteiger partial charge in [-0.15, -0.1) is 0 Å². The smallest absolute Gasteiger partial charge is 0.242 e. The van der Waals surface area contributed by atoms with Gasteiger partial charge >= 0.3 is 0 Å². The number of nitrogens with zero attached hydrogens (tertiary/aromatic N) is 2. The maximum absolute atomic E-state index is 12.0. The highest BCUT2D eigenvalue weighted by atomic mass is 16.5. The maximum atomic E-state index is 12.0. The summed E-state index contributed by atoms with van der Waals surface area (Å²) in [4.78, 5) is 19.1. The Morgan fingerprint density at radius 1 is 1.15 bits per heavy atom. The van der Waals surface area contributed by atoms with Crippen molar-refractivity contribution in [1.29, 1.82) is 0 Å². The number of hydrogen-bond donors (Lipinski definition) is 3. The van der Waals surface area contributed by atoms with Gasteiger partial charge in [0.15, 0.2) is 5.96 Å². The Balaban J connectivity index is 1.96. The van der Waals surface area contributed by atoms with Crippen LogP contribution in [-0.2, 0) is 9.53 Å².